The van der Waals surface area contributed by atoms with E-state index in [2.05, 4.69) is 10.6 Å². The van der Waals surface area contributed by atoms with Crippen LogP contribution in [0, 0.1) is 29.0 Å². The van der Waals surface area contributed by atoms with Crippen molar-refractivity contribution in [2.24, 2.45) is 11.8 Å². The van der Waals surface area contributed by atoms with Crippen LogP contribution in [0.4, 0.5) is 10.1 Å². The van der Waals surface area contributed by atoms with Gasteiger partial charge in [0.1, 0.15) is 11.9 Å². The standard InChI is InChI=1S/C12H12FN3/c13-8-1-2-11(7(3-8)4-14)16-12-9-5-15-6-10(9)12/h1-3,9-10,12,15-16H,5-6H2. The quantitative estimate of drug-likeness (QED) is 0.785. The van der Waals surface area contributed by atoms with Crippen molar-refractivity contribution in [2.75, 3.05) is 18.4 Å². The highest BCUT2D eigenvalue weighted by molar-refractivity contribution is 5.59. The molecule has 2 N–H and O–H groups in total. The van der Waals surface area contributed by atoms with E-state index in [1.54, 1.807) is 6.07 Å². The second kappa shape index (κ2) is 3.46. The van der Waals surface area contributed by atoms with Crippen molar-refractivity contribution < 1.29 is 4.39 Å². The third-order valence-electron chi connectivity index (χ3n) is 3.52. The maximum atomic E-state index is 12.9. The number of rotatable bonds is 2. The Hall–Kier alpha value is -1.60. The third kappa shape index (κ3) is 1.44. The molecule has 0 radical (unpaired) electrons. The Morgan fingerprint density at radius 3 is 2.81 bits per heavy atom. The number of piperidine rings is 1. The maximum Gasteiger partial charge on any atom is 0.124 e. The average molecular weight is 217 g/mol. The van der Waals surface area contributed by atoms with Crippen molar-refractivity contribution in [3.8, 4) is 6.07 Å². The third-order valence-corrected chi connectivity index (χ3v) is 3.52. The molecule has 1 saturated heterocycles. The Kier molecular flexibility index (Phi) is 2.08. The second-order valence-corrected chi connectivity index (χ2v) is 4.46. The molecule has 2 fully saturated rings. The van der Waals surface area contributed by atoms with Crippen LogP contribution in [0.2, 0.25) is 0 Å². The number of hydrogen-bond acceptors (Lipinski definition) is 3. The van der Waals surface area contributed by atoms with Gasteiger partial charge in [-0.05, 0) is 30.0 Å². The van der Waals surface area contributed by atoms with Gasteiger partial charge in [0.15, 0.2) is 0 Å². The Balaban J connectivity index is 1.78. The van der Waals surface area contributed by atoms with Crippen molar-refractivity contribution in [3.63, 3.8) is 0 Å². The zero-order chi connectivity index (χ0) is 11.1. The first-order valence-electron chi connectivity index (χ1n) is 5.46. The summed E-state index contributed by atoms with van der Waals surface area (Å²) in [4.78, 5) is 0. The molecule has 1 saturated carbocycles. The lowest BCUT2D eigenvalue weighted by Gasteiger charge is -2.10. The van der Waals surface area contributed by atoms with E-state index >= 15 is 0 Å². The molecular weight excluding hydrogens is 205 g/mol. The number of benzene rings is 1. The lowest BCUT2D eigenvalue weighted by Crippen LogP contribution is -2.21. The molecule has 1 aliphatic heterocycles. The molecule has 16 heavy (non-hydrogen) atoms. The van der Waals surface area contributed by atoms with Gasteiger partial charge in [0.25, 0.3) is 0 Å². The van der Waals surface area contributed by atoms with Gasteiger partial charge in [-0.25, -0.2) is 4.39 Å². The summed E-state index contributed by atoms with van der Waals surface area (Å²) in [6, 6.07) is 6.79. The highest BCUT2D eigenvalue weighted by Crippen LogP contribution is 2.44. The van der Waals surface area contributed by atoms with Crippen LogP contribution in [0.15, 0.2) is 18.2 Å². The number of nitriles is 1. The highest BCUT2D eigenvalue weighted by atomic mass is 19.1. The summed E-state index contributed by atoms with van der Waals surface area (Å²) in [7, 11) is 0. The molecule has 0 amide bonds. The SMILES string of the molecule is N#Cc1cc(F)ccc1NC1C2CNCC21. The normalized spacial score (nSPS) is 30.6. The smallest absolute Gasteiger partial charge is 0.124 e. The van der Waals surface area contributed by atoms with Gasteiger partial charge in [-0.2, -0.15) is 5.26 Å². The summed E-state index contributed by atoms with van der Waals surface area (Å²) in [6.45, 7) is 2.09. The molecule has 1 aromatic carbocycles. The zero-order valence-corrected chi connectivity index (χ0v) is 8.70. The molecular formula is C12H12FN3. The molecule has 2 unspecified atom stereocenters. The molecule has 0 bridgehead atoms. The van der Waals surface area contributed by atoms with Crippen LogP contribution in [0.25, 0.3) is 0 Å². The summed E-state index contributed by atoms with van der Waals surface area (Å²) in [5.74, 6) is 0.993. The summed E-state index contributed by atoms with van der Waals surface area (Å²) >= 11 is 0. The van der Waals surface area contributed by atoms with Crippen LogP contribution in [0.1, 0.15) is 5.56 Å². The van der Waals surface area contributed by atoms with Crippen LogP contribution < -0.4 is 10.6 Å². The molecule has 1 aliphatic carbocycles. The second-order valence-electron chi connectivity index (χ2n) is 4.46. The maximum absolute atomic E-state index is 12.9. The van der Waals surface area contributed by atoms with E-state index in [4.69, 9.17) is 5.26 Å². The fraction of sp³-hybridized carbons (Fsp3) is 0.417. The first-order valence-corrected chi connectivity index (χ1v) is 5.46. The molecule has 2 atom stereocenters. The average Bonchev–Trinajstić information content (AvgIpc) is 2.75. The Morgan fingerprint density at radius 1 is 1.38 bits per heavy atom. The van der Waals surface area contributed by atoms with Gasteiger partial charge in [0, 0.05) is 19.1 Å². The Morgan fingerprint density at radius 2 is 2.12 bits per heavy atom. The van der Waals surface area contributed by atoms with Gasteiger partial charge in [-0.1, -0.05) is 0 Å². The van der Waals surface area contributed by atoms with E-state index in [9.17, 15) is 4.39 Å². The van der Waals surface area contributed by atoms with Crippen molar-refractivity contribution in [2.45, 2.75) is 6.04 Å². The first-order chi connectivity index (χ1) is 7.79. The van der Waals surface area contributed by atoms with Gasteiger partial charge in [0.05, 0.1) is 11.3 Å². The number of hydrogen-bond donors (Lipinski definition) is 2. The van der Waals surface area contributed by atoms with Crippen molar-refractivity contribution >= 4 is 5.69 Å². The van der Waals surface area contributed by atoms with E-state index in [0.717, 1.165) is 18.8 Å². The summed E-state index contributed by atoms with van der Waals surface area (Å²) in [5, 5.41) is 15.6. The minimum atomic E-state index is -0.361. The van der Waals surface area contributed by atoms with Gasteiger partial charge in [0.2, 0.25) is 0 Å². The first kappa shape index (κ1) is 9.61. The predicted octanol–water partition coefficient (Wildman–Crippen LogP) is 1.33. The number of anilines is 1. The van der Waals surface area contributed by atoms with Gasteiger partial charge >= 0.3 is 0 Å². The van der Waals surface area contributed by atoms with Crippen LogP contribution in [0.3, 0.4) is 0 Å². The Labute approximate surface area is 93.3 Å². The summed E-state index contributed by atoms with van der Waals surface area (Å²) < 4.78 is 12.9. The molecule has 3 nitrogen and oxygen atoms in total. The molecule has 0 spiro atoms. The number of halogens is 1. The van der Waals surface area contributed by atoms with E-state index in [1.807, 2.05) is 6.07 Å². The van der Waals surface area contributed by atoms with Crippen LogP contribution >= 0.6 is 0 Å². The monoisotopic (exact) mass is 217 g/mol. The molecule has 2 aliphatic rings. The van der Waals surface area contributed by atoms with Gasteiger partial charge in [-0.15, -0.1) is 0 Å². The van der Waals surface area contributed by atoms with Gasteiger partial charge in [-0.3, -0.25) is 0 Å². The van der Waals surface area contributed by atoms with Crippen molar-refractivity contribution in [3.05, 3.63) is 29.6 Å². The topological polar surface area (TPSA) is 47.9 Å². The lowest BCUT2D eigenvalue weighted by atomic mass is 10.2. The molecule has 1 aromatic rings. The number of nitrogens with zero attached hydrogens (tertiary/aromatic N) is 1. The van der Waals surface area contributed by atoms with Crippen LogP contribution in [0.5, 0.6) is 0 Å². The minimum absolute atomic E-state index is 0.361. The van der Waals surface area contributed by atoms with Gasteiger partial charge < -0.3 is 10.6 Å². The summed E-state index contributed by atoms with van der Waals surface area (Å²) in [5.41, 5.74) is 1.14. The van der Waals surface area contributed by atoms with Crippen molar-refractivity contribution in [1.29, 1.82) is 5.26 Å². The molecule has 82 valence electrons. The highest BCUT2D eigenvalue weighted by Gasteiger charge is 2.52. The van der Waals surface area contributed by atoms with Crippen LogP contribution in [-0.4, -0.2) is 19.1 Å². The number of nitrogens with one attached hydrogen (secondary N) is 2. The van der Waals surface area contributed by atoms with Crippen LogP contribution in [-0.2, 0) is 0 Å². The largest absolute Gasteiger partial charge is 0.381 e. The molecule has 0 aromatic heterocycles. The molecule has 1 heterocycles. The molecule has 3 rings (SSSR count). The van der Waals surface area contributed by atoms with Crippen molar-refractivity contribution in [1.82, 2.24) is 5.32 Å². The fourth-order valence-electron chi connectivity index (χ4n) is 2.55. The summed E-state index contributed by atoms with van der Waals surface area (Å²) in [6.07, 6.45) is 0. The van der Waals surface area contributed by atoms with E-state index in [-0.39, 0.29) is 5.82 Å². The van der Waals surface area contributed by atoms with E-state index < -0.39 is 0 Å². The Bertz CT molecular complexity index is 456. The zero-order valence-electron chi connectivity index (χ0n) is 8.70. The fourth-order valence-corrected chi connectivity index (χ4v) is 2.55. The predicted molar refractivity (Wildman–Crippen MR) is 58.4 cm³/mol. The molecule has 4 heteroatoms. The number of fused-ring (bicyclic) bond motifs is 1. The van der Waals surface area contributed by atoms with E-state index in [1.165, 1.54) is 12.1 Å². The lowest BCUT2D eigenvalue weighted by molar-refractivity contribution is 0.627. The minimum Gasteiger partial charge on any atom is -0.381 e. The van der Waals surface area contributed by atoms with E-state index in [0.29, 0.717) is 23.4 Å².